The minimum absolute atomic E-state index is 0.261. The summed E-state index contributed by atoms with van der Waals surface area (Å²) < 4.78 is 3.01. The van der Waals surface area contributed by atoms with Crippen molar-refractivity contribution in [3.05, 3.63) is 52.5 Å². The first-order valence-corrected chi connectivity index (χ1v) is 7.58. The molecular weight excluding hydrogens is 326 g/mol. The van der Waals surface area contributed by atoms with Crippen LogP contribution in [-0.2, 0) is 0 Å². The third kappa shape index (κ3) is 2.34. The van der Waals surface area contributed by atoms with Crippen LogP contribution in [0, 0.1) is 11.3 Å². The Morgan fingerprint density at radius 2 is 1.95 bits per heavy atom. The Kier molecular flexibility index (Phi) is 3.52. The van der Waals surface area contributed by atoms with E-state index in [1.807, 2.05) is 35.0 Å². The summed E-state index contributed by atoms with van der Waals surface area (Å²) in [6, 6.07) is 16.2. The molecule has 0 unspecified atom stereocenters. The van der Waals surface area contributed by atoms with Crippen LogP contribution in [0.5, 0.6) is 0 Å². The van der Waals surface area contributed by atoms with Gasteiger partial charge in [0.15, 0.2) is 0 Å². The zero-order valence-corrected chi connectivity index (χ0v) is 13.4. The molecule has 0 radical (unpaired) electrons. The van der Waals surface area contributed by atoms with Crippen LogP contribution in [0.3, 0.4) is 0 Å². The number of nitrogens with zero attached hydrogens (tertiary/aromatic N) is 3. The van der Waals surface area contributed by atoms with E-state index in [1.54, 1.807) is 0 Å². The second-order valence-electron chi connectivity index (χ2n) is 5.21. The van der Waals surface area contributed by atoms with E-state index < -0.39 is 0 Å². The van der Waals surface area contributed by atoms with E-state index in [9.17, 15) is 5.26 Å². The molecule has 0 amide bonds. The SMILES string of the molecule is CC(C)n1nc(-c2ccccc2C#N)c2cc(Br)ccc21. The molecule has 104 valence electrons. The molecule has 0 saturated carbocycles. The van der Waals surface area contributed by atoms with Crippen molar-refractivity contribution in [3.8, 4) is 17.3 Å². The molecule has 0 spiro atoms. The van der Waals surface area contributed by atoms with Gasteiger partial charge in [0, 0.05) is 21.5 Å². The zero-order valence-electron chi connectivity index (χ0n) is 11.8. The maximum atomic E-state index is 9.33. The van der Waals surface area contributed by atoms with Crippen LogP contribution in [0.1, 0.15) is 25.5 Å². The number of nitriles is 1. The molecule has 0 fully saturated rings. The third-order valence-electron chi connectivity index (χ3n) is 3.46. The van der Waals surface area contributed by atoms with Crippen LogP contribution in [0.4, 0.5) is 0 Å². The smallest absolute Gasteiger partial charge is 0.102 e. The molecule has 0 saturated heterocycles. The topological polar surface area (TPSA) is 41.6 Å². The van der Waals surface area contributed by atoms with E-state index in [-0.39, 0.29) is 6.04 Å². The van der Waals surface area contributed by atoms with E-state index in [0.29, 0.717) is 5.56 Å². The van der Waals surface area contributed by atoms with Crippen molar-refractivity contribution in [1.29, 1.82) is 5.26 Å². The predicted molar refractivity (Wildman–Crippen MR) is 88.0 cm³/mol. The number of hydrogen-bond donors (Lipinski definition) is 0. The molecule has 2 aromatic carbocycles. The van der Waals surface area contributed by atoms with Gasteiger partial charge in [0.05, 0.1) is 17.1 Å². The lowest BCUT2D eigenvalue weighted by molar-refractivity contribution is 0.552. The molecule has 1 heterocycles. The number of rotatable bonds is 2. The largest absolute Gasteiger partial charge is 0.262 e. The van der Waals surface area contributed by atoms with Crippen LogP contribution in [0.25, 0.3) is 22.2 Å². The molecule has 1 aromatic heterocycles. The van der Waals surface area contributed by atoms with Crippen molar-refractivity contribution in [2.45, 2.75) is 19.9 Å². The number of hydrogen-bond acceptors (Lipinski definition) is 2. The molecular formula is C17H14BrN3. The molecule has 3 aromatic rings. The second-order valence-corrected chi connectivity index (χ2v) is 6.12. The molecule has 0 aliphatic rings. The fourth-order valence-electron chi connectivity index (χ4n) is 2.49. The Bertz CT molecular complexity index is 856. The molecule has 3 nitrogen and oxygen atoms in total. The predicted octanol–water partition coefficient (Wildman–Crippen LogP) is 4.92. The Hall–Kier alpha value is -2.12. The van der Waals surface area contributed by atoms with Crippen LogP contribution < -0.4 is 0 Å². The summed E-state index contributed by atoms with van der Waals surface area (Å²) in [5.74, 6) is 0. The zero-order chi connectivity index (χ0) is 15.0. The lowest BCUT2D eigenvalue weighted by atomic mass is 10.0. The van der Waals surface area contributed by atoms with Gasteiger partial charge in [-0.2, -0.15) is 10.4 Å². The Labute approximate surface area is 131 Å². The Morgan fingerprint density at radius 3 is 2.67 bits per heavy atom. The summed E-state index contributed by atoms with van der Waals surface area (Å²) in [4.78, 5) is 0. The lowest BCUT2D eigenvalue weighted by Gasteiger charge is -2.06. The summed E-state index contributed by atoms with van der Waals surface area (Å²) in [5, 5.41) is 15.1. The summed E-state index contributed by atoms with van der Waals surface area (Å²) in [6.45, 7) is 4.21. The highest BCUT2D eigenvalue weighted by Gasteiger charge is 2.16. The second kappa shape index (κ2) is 5.34. The fourth-order valence-corrected chi connectivity index (χ4v) is 2.85. The maximum Gasteiger partial charge on any atom is 0.102 e. The van der Waals surface area contributed by atoms with Gasteiger partial charge in [0.2, 0.25) is 0 Å². The first-order valence-electron chi connectivity index (χ1n) is 6.79. The maximum absolute atomic E-state index is 9.33. The number of halogens is 1. The van der Waals surface area contributed by atoms with Crippen molar-refractivity contribution < 1.29 is 0 Å². The van der Waals surface area contributed by atoms with E-state index in [2.05, 4.69) is 48.0 Å². The summed E-state index contributed by atoms with van der Waals surface area (Å²) in [6.07, 6.45) is 0. The van der Waals surface area contributed by atoms with Gasteiger partial charge in [-0.15, -0.1) is 0 Å². The first-order chi connectivity index (χ1) is 10.1. The van der Waals surface area contributed by atoms with Crippen LogP contribution in [0.2, 0.25) is 0 Å². The number of aromatic nitrogens is 2. The molecule has 0 atom stereocenters. The van der Waals surface area contributed by atoms with Crippen LogP contribution >= 0.6 is 15.9 Å². The molecule has 0 bridgehead atoms. The van der Waals surface area contributed by atoms with Crippen LogP contribution in [-0.4, -0.2) is 9.78 Å². The van der Waals surface area contributed by atoms with Gasteiger partial charge in [0.25, 0.3) is 0 Å². The lowest BCUT2D eigenvalue weighted by Crippen LogP contribution is -2.02. The van der Waals surface area contributed by atoms with Crippen molar-refractivity contribution in [2.75, 3.05) is 0 Å². The standard InChI is InChI=1S/C17H14BrN3/c1-11(2)21-16-8-7-13(18)9-15(16)17(20-21)14-6-4-3-5-12(14)10-19/h3-9,11H,1-2H3. The highest BCUT2D eigenvalue weighted by molar-refractivity contribution is 9.10. The Balaban J connectivity index is 2.38. The van der Waals surface area contributed by atoms with Crippen molar-refractivity contribution in [2.24, 2.45) is 0 Å². The van der Waals surface area contributed by atoms with E-state index in [0.717, 1.165) is 26.6 Å². The van der Waals surface area contributed by atoms with E-state index in [4.69, 9.17) is 5.10 Å². The average Bonchev–Trinajstić information content (AvgIpc) is 2.85. The van der Waals surface area contributed by atoms with Gasteiger partial charge in [-0.25, -0.2) is 0 Å². The normalized spacial score (nSPS) is 11.0. The Morgan fingerprint density at radius 1 is 1.19 bits per heavy atom. The monoisotopic (exact) mass is 339 g/mol. The molecule has 0 aliphatic heterocycles. The van der Waals surface area contributed by atoms with Crippen LogP contribution in [0.15, 0.2) is 46.9 Å². The van der Waals surface area contributed by atoms with Gasteiger partial charge < -0.3 is 0 Å². The van der Waals surface area contributed by atoms with E-state index in [1.165, 1.54) is 0 Å². The molecule has 4 heteroatoms. The number of fused-ring (bicyclic) bond motifs is 1. The van der Waals surface area contributed by atoms with Gasteiger partial charge >= 0.3 is 0 Å². The van der Waals surface area contributed by atoms with Crippen molar-refractivity contribution in [3.63, 3.8) is 0 Å². The summed E-state index contributed by atoms with van der Waals surface area (Å²) in [7, 11) is 0. The van der Waals surface area contributed by atoms with Crippen molar-refractivity contribution >= 4 is 26.8 Å². The van der Waals surface area contributed by atoms with Crippen molar-refractivity contribution in [1.82, 2.24) is 9.78 Å². The van der Waals surface area contributed by atoms with Gasteiger partial charge in [-0.05, 0) is 38.1 Å². The van der Waals surface area contributed by atoms with Gasteiger partial charge in [0.1, 0.15) is 5.69 Å². The van der Waals surface area contributed by atoms with E-state index >= 15 is 0 Å². The number of benzene rings is 2. The molecule has 0 N–H and O–H groups in total. The average molecular weight is 340 g/mol. The summed E-state index contributed by atoms with van der Waals surface area (Å²) in [5.41, 5.74) is 3.46. The minimum atomic E-state index is 0.261. The molecule has 0 aliphatic carbocycles. The highest BCUT2D eigenvalue weighted by atomic mass is 79.9. The summed E-state index contributed by atoms with van der Waals surface area (Å²) >= 11 is 3.52. The molecule has 21 heavy (non-hydrogen) atoms. The minimum Gasteiger partial charge on any atom is -0.262 e. The van der Waals surface area contributed by atoms with Gasteiger partial charge in [-0.1, -0.05) is 34.1 Å². The van der Waals surface area contributed by atoms with Gasteiger partial charge in [-0.3, -0.25) is 4.68 Å². The first kappa shape index (κ1) is 13.8. The fraction of sp³-hybridized carbons (Fsp3) is 0.176. The highest BCUT2D eigenvalue weighted by Crippen LogP contribution is 2.33. The quantitative estimate of drug-likeness (QED) is 0.664. The third-order valence-corrected chi connectivity index (χ3v) is 3.95. The molecule has 3 rings (SSSR count).